The maximum atomic E-state index is 13.9. The molecule has 0 bridgehead atoms. The third kappa shape index (κ3) is 4.02. The number of benzene rings is 1. The molecule has 1 saturated heterocycles. The quantitative estimate of drug-likeness (QED) is 0.765. The number of piperazine rings is 1. The number of hydrogen-bond acceptors (Lipinski definition) is 3. The van der Waals surface area contributed by atoms with Gasteiger partial charge in [-0.1, -0.05) is 17.7 Å². The zero-order valence-corrected chi connectivity index (χ0v) is 15.7. The summed E-state index contributed by atoms with van der Waals surface area (Å²) in [4.78, 5) is 3.53. The molecule has 0 aliphatic carbocycles. The molecule has 120 valence electrons. The van der Waals surface area contributed by atoms with E-state index >= 15 is 0 Å². The highest BCUT2D eigenvalue weighted by molar-refractivity contribution is 9.10. The van der Waals surface area contributed by atoms with Crippen LogP contribution in [0.15, 0.2) is 34.8 Å². The van der Waals surface area contributed by atoms with Crippen molar-refractivity contribution in [3.8, 4) is 0 Å². The Morgan fingerprint density at radius 2 is 1.95 bits per heavy atom. The Balaban J connectivity index is 0.00000176. The van der Waals surface area contributed by atoms with Crippen molar-refractivity contribution in [1.29, 1.82) is 0 Å². The van der Waals surface area contributed by atoms with Crippen molar-refractivity contribution in [2.45, 2.75) is 6.04 Å². The number of thiophene rings is 1. The highest BCUT2D eigenvalue weighted by atomic mass is 79.9. The van der Waals surface area contributed by atoms with E-state index in [2.05, 4.69) is 26.1 Å². The van der Waals surface area contributed by atoms with E-state index in [1.54, 1.807) is 23.5 Å². The van der Waals surface area contributed by atoms with Crippen LogP contribution in [0, 0.1) is 5.82 Å². The van der Waals surface area contributed by atoms with Crippen molar-refractivity contribution in [1.82, 2.24) is 10.2 Å². The van der Waals surface area contributed by atoms with E-state index in [1.165, 1.54) is 0 Å². The fourth-order valence-corrected chi connectivity index (χ4v) is 4.12. The minimum absolute atomic E-state index is 0. The molecule has 22 heavy (non-hydrogen) atoms. The Labute approximate surface area is 153 Å². The first-order chi connectivity index (χ1) is 10.1. The molecule has 0 spiro atoms. The standard InChI is InChI=1S/C15H15BrClFN2S.ClH/c16-11-2-1-10(9-12(11)18)15(13-3-4-14(17)21-13)20-7-5-19-6-8-20;/h1-4,9,15,19H,5-8H2;1H/t15-;/m0./s1. The second-order valence-corrected chi connectivity index (χ2v) is 7.60. The number of nitrogens with one attached hydrogen (secondary N) is 1. The van der Waals surface area contributed by atoms with Gasteiger partial charge in [0.25, 0.3) is 0 Å². The maximum absolute atomic E-state index is 13.9. The van der Waals surface area contributed by atoms with Crippen molar-refractivity contribution < 1.29 is 4.39 Å². The Hall–Kier alpha value is -0.170. The van der Waals surface area contributed by atoms with Gasteiger partial charge in [0.2, 0.25) is 0 Å². The molecule has 1 N–H and O–H groups in total. The lowest BCUT2D eigenvalue weighted by Crippen LogP contribution is -2.45. The number of nitrogens with zero attached hydrogens (tertiary/aromatic N) is 1. The molecule has 2 nitrogen and oxygen atoms in total. The zero-order chi connectivity index (χ0) is 14.8. The van der Waals surface area contributed by atoms with Crippen LogP contribution in [0.2, 0.25) is 4.34 Å². The maximum Gasteiger partial charge on any atom is 0.137 e. The van der Waals surface area contributed by atoms with Crippen LogP contribution < -0.4 is 5.32 Å². The molecule has 1 aromatic heterocycles. The van der Waals surface area contributed by atoms with Crippen molar-refractivity contribution >= 4 is 51.3 Å². The molecule has 1 aliphatic rings. The average molecular weight is 426 g/mol. The lowest BCUT2D eigenvalue weighted by Gasteiger charge is -2.34. The lowest BCUT2D eigenvalue weighted by molar-refractivity contribution is 0.200. The Kier molecular flexibility index (Phi) is 6.68. The number of hydrogen-bond donors (Lipinski definition) is 1. The van der Waals surface area contributed by atoms with Crippen molar-refractivity contribution in [3.05, 3.63) is 55.4 Å². The highest BCUT2D eigenvalue weighted by Crippen LogP contribution is 2.36. The molecule has 0 amide bonds. The summed E-state index contributed by atoms with van der Waals surface area (Å²) in [6.07, 6.45) is 0. The molecule has 7 heteroatoms. The van der Waals surface area contributed by atoms with Gasteiger partial charge in [-0.25, -0.2) is 4.39 Å². The van der Waals surface area contributed by atoms with Gasteiger partial charge in [-0.2, -0.15) is 0 Å². The molecule has 2 heterocycles. The first kappa shape index (κ1) is 18.2. The SMILES string of the molecule is Cl.Fc1cc([C@@H](c2ccc(Cl)s2)N2CCNCC2)ccc1Br. The summed E-state index contributed by atoms with van der Waals surface area (Å²) in [5.41, 5.74) is 0.969. The van der Waals surface area contributed by atoms with Crippen LogP contribution in [0.3, 0.4) is 0 Å². The largest absolute Gasteiger partial charge is 0.314 e. The highest BCUT2D eigenvalue weighted by Gasteiger charge is 2.25. The van der Waals surface area contributed by atoms with Crippen LogP contribution in [0.25, 0.3) is 0 Å². The first-order valence-electron chi connectivity index (χ1n) is 6.80. The topological polar surface area (TPSA) is 15.3 Å². The van der Waals surface area contributed by atoms with E-state index in [0.29, 0.717) is 4.47 Å². The summed E-state index contributed by atoms with van der Waals surface area (Å²) in [5.74, 6) is -0.227. The van der Waals surface area contributed by atoms with E-state index in [9.17, 15) is 4.39 Å². The Morgan fingerprint density at radius 1 is 1.23 bits per heavy atom. The van der Waals surface area contributed by atoms with Gasteiger partial charge < -0.3 is 5.32 Å². The average Bonchev–Trinajstić information content (AvgIpc) is 2.90. The summed E-state index contributed by atoms with van der Waals surface area (Å²) in [6.45, 7) is 3.79. The molecule has 1 aliphatic heterocycles. The van der Waals surface area contributed by atoms with Gasteiger partial charge in [-0.3, -0.25) is 4.90 Å². The van der Waals surface area contributed by atoms with Crippen LogP contribution >= 0.6 is 51.3 Å². The van der Waals surface area contributed by atoms with E-state index in [-0.39, 0.29) is 24.3 Å². The third-order valence-electron chi connectivity index (χ3n) is 3.64. The smallest absolute Gasteiger partial charge is 0.137 e. The van der Waals surface area contributed by atoms with Crippen LogP contribution in [0.1, 0.15) is 16.5 Å². The van der Waals surface area contributed by atoms with Gasteiger partial charge in [0, 0.05) is 31.1 Å². The predicted molar refractivity (Wildman–Crippen MR) is 97.0 cm³/mol. The van der Waals surface area contributed by atoms with Crippen molar-refractivity contribution in [3.63, 3.8) is 0 Å². The summed E-state index contributed by atoms with van der Waals surface area (Å²) >= 11 is 10.9. The monoisotopic (exact) mass is 424 g/mol. The van der Waals surface area contributed by atoms with E-state index in [1.807, 2.05) is 18.2 Å². The van der Waals surface area contributed by atoms with Gasteiger partial charge in [-0.05, 0) is 45.8 Å². The molecule has 0 radical (unpaired) electrons. The van der Waals surface area contributed by atoms with Crippen molar-refractivity contribution in [2.75, 3.05) is 26.2 Å². The summed E-state index contributed by atoms with van der Waals surface area (Å²) < 4.78 is 15.2. The van der Waals surface area contributed by atoms with Crippen LogP contribution in [-0.4, -0.2) is 31.1 Å². The molecule has 0 saturated carbocycles. The predicted octanol–water partition coefficient (Wildman–Crippen LogP) is 4.72. The molecular formula is C15H16BrCl2FN2S. The number of halogens is 4. The molecule has 1 fully saturated rings. The van der Waals surface area contributed by atoms with Crippen LogP contribution in [-0.2, 0) is 0 Å². The van der Waals surface area contributed by atoms with Gasteiger partial charge in [0.1, 0.15) is 5.82 Å². The van der Waals surface area contributed by atoms with Crippen LogP contribution in [0.4, 0.5) is 4.39 Å². The fourth-order valence-electron chi connectivity index (χ4n) is 2.65. The Morgan fingerprint density at radius 3 is 2.55 bits per heavy atom. The zero-order valence-electron chi connectivity index (χ0n) is 11.7. The number of rotatable bonds is 3. The summed E-state index contributed by atoms with van der Waals surface area (Å²) in [7, 11) is 0. The van der Waals surface area contributed by atoms with E-state index in [0.717, 1.165) is 41.0 Å². The minimum atomic E-state index is -0.227. The van der Waals surface area contributed by atoms with E-state index in [4.69, 9.17) is 11.6 Å². The van der Waals surface area contributed by atoms with E-state index < -0.39 is 0 Å². The fraction of sp³-hybridized carbons (Fsp3) is 0.333. The normalized spacial score (nSPS) is 17.0. The third-order valence-corrected chi connectivity index (χ3v) is 5.57. The molecule has 2 aromatic rings. The second-order valence-electron chi connectivity index (χ2n) is 5.00. The molecule has 1 aromatic carbocycles. The van der Waals surface area contributed by atoms with Gasteiger partial charge >= 0.3 is 0 Å². The molecular weight excluding hydrogens is 410 g/mol. The first-order valence-corrected chi connectivity index (χ1v) is 8.79. The van der Waals surface area contributed by atoms with Crippen molar-refractivity contribution in [2.24, 2.45) is 0 Å². The molecule has 3 rings (SSSR count). The van der Waals surface area contributed by atoms with Gasteiger partial charge in [0.05, 0.1) is 14.9 Å². The second kappa shape index (κ2) is 8.08. The Bertz CT molecular complexity index is 632. The lowest BCUT2D eigenvalue weighted by atomic mass is 10.0. The summed E-state index contributed by atoms with van der Waals surface area (Å²) in [6, 6.07) is 9.38. The molecule has 0 unspecified atom stereocenters. The van der Waals surface area contributed by atoms with Crippen LogP contribution in [0.5, 0.6) is 0 Å². The van der Waals surface area contributed by atoms with Gasteiger partial charge in [0.15, 0.2) is 0 Å². The van der Waals surface area contributed by atoms with Gasteiger partial charge in [-0.15, -0.1) is 23.7 Å². The summed E-state index contributed by atoms with van der Waals surface area (Å²) in [5, 5.41) is 3.35. The molecule has 1 atom stereocenters. The minimum Gasteiger partial charge on any atom is -0.314 e.